The van der Waals surface area contributed by atoms with Crippen LogP contribution >= 0.6 is 0 Å². The molecule has 114 valence electrons. The third-order valence-electron chi connectivity index (χ3n) is 2.93. The first-order chi connectivity index (χ1) is 10.7. The summed E-state index contributed by atoms with van der Waals surface area (Å²) in [6.07, 6.45) is 0.933. The molecular formula is C17H18N2O3. The number of benzene rings is 2. The summed E-state index contributed by atoms with van der Waals surface area (Å²) in [4.78, 5) is 11.9. The van der Waals surface area contributed by atoms with Gasteiger partial charge in [0, 0.05) is 0 Å². The third-order valence-corrected chi connectivity index (χ3v) is 2.93. The largest absolute Gasteiger partial charge is 0.497 e. The number of methoxy groups -OCH3 is 1. The number of para-hydroxylation sites is 1. The van der Waals surface area contributed by atoms with Gasteiger partial charge < -0.3 is 9.47 Å². The van der Waals surface area contributed by atoms with Crippen molar-refractivity contribution in [3.05, 3.63) is 60.2 Å². The molecule has 5 nitrogen and oxygen atoms in total. The summed E-state index contributed by atoms with van der Waals surface area (Å²) in [7, 11) is 1.61. The topological polar surface area (TPSA) is 59.9 Å². The molecule has 0 saturated carbocycles. The maximum absolute atomic E-state index is 11.9. The zero-order valence-corrected chi connectivity index (χ0v) is 12.5. The highest BCUT2D eigenvalue weighted by atomic mass is 16.5. The van der Waals surface area contributed by atoms with Gasteiger partial charge in [-0.25, -0.2) is 5.43 Å². The Labute approximate surface area is 129 Å². The van der Waals surface area contributed by atoms with Crippen molar-refractivity contribution < 1.29 is 14.3 Å². The van der Waals surface area contributed by atoms with Gasteiger partial charge >= 0.3 is 0 Å². The van der Waals surface area contributed by atoms with Crippen LogP contribution in [0.25, 0.3) is 0 Å². The molecule has 0 aliphatic rings. The summed E-state index contributed by atoms with van der Waals surface area (Å²) < 4.78 is 10.6. The van der Waals surface area contributed by atoms with Crippen molar-refractivity contribution in [3.8, 4) is 11.5 Å². The first kappa shape index (κ1) is 15.6. The Hall–Kier alpha value is -2.82. The van der Waals surface area contributed by atoms with E-state index in [1.807, 2.05) is 42.5 Å². The van der Waals surface area contributed by atoms with Crippen LogP contribution in [0.3, 0.4) is 0 Å². The van der Waals surface area contributed by atoms with E-state index < -0.39 is 6.10 Å². The number of hydrogen-bond donors (Lipinski definition) is 1. The van der Waals surface area contributed by atoms with Crippen molar-refractivity contribution in [1.29, 1.82) is 0 Å². The molecule has 1 amide bonds. The van der Waals surface area contributed by atoms with Crippen LogP contribution in [-0.2, 0) is 4.79 Å². The first-order valence-electron chi connectivity index (χ1n) is 6.87. The summed E-state index contributed by atoms with van der Waals surface area (Å²) in [5.41, 5.74) is 3.31. The number of ether oxygens (including phenoxy) is 2. The number of nitrogens with zero attached hydrogens (tertiary/aromatic N) is 1. The molecule has 0 aliphatic carbocycles. The Bertz CT molecular complexity index is 624. The molecule has 5 heteroatoms. The Morgan fingerprint density at radius 2 is 1.77 bits per heavy atom. The summed E-state index contributed by atoms with van der Waals surface area (Å²) in [6.45, 7) is 1.67. The zero-order chi connectivity index (χ0) is 15.8. The number of hydrazone groups is 1. The minimum atomic E-state index is -0.629. The lowest BCUT2D eigenvalue weighted by Crippen LogP contribution is -2.33. The van der Waals surface area contributed by atoms with Gasteiger partial charge in [-0.05, 0) is 48.9 Å². The molecule has 0 radical (unpaired) electrons. The van der Waals surface area contributed by atoms with E-state index in [1.165, 1.54) is 0 Å². The fraction of sp³-hybridized carbons (Fsp3) is 0.176. The van der Waals surface area contributed by atoms with Crippen LogP contribution in [0.4, 0.5) is 0 Å². The van der Waals surface area contributed by atoms with Crippen LogP contribution in [0.15, 0.2) is 59.7 Å². The second-order valence-corrected chi connectivity index (χ2v) is 4.58. The van der Waals surface area contributed by atoms with Crippen molar-refractivity contribution in [2.75, 3.05) is 7.11 Å². The Morgan fingerprint density at radius 3 is 2.41 bits per heavy atom. The smallest absolute Gasteiger partial charge is 0.280 e. The molecule has 0 aliphatic heterocycles. The zero-order valence-electron chi connectivity index (χ0n) is 12.5. The number of amides is 1. The molecule has 22 heavy (non-hydrogen) atoms. The molecule has 0 aromatic heterocycles. The molecular weight excluding hydrogens is 280 g/mol. The van der Waals surface area contributed by atoms with Gasteiger partial charge in [0.2, 0.25) is 0 Å². The van der Waals surface area contributed by atoms with Crippen molar-refractivity contribution in [2.24, 2.45) is 5.10 Å². The standard InChI is InChI=1S/C17H18N2O3/c1-13(22-16-6-4-3-5-7-16)17(20)19-18-12-14-8-10-15(21-2)11-9-14/h3-13H,1-2H3,(H,19,20)/b18-12-/t13-/m0/s1. The van der Waals surface area contributed by atoms with Gasteiger partial charge in [0.05, 0.1) is 13.3 Å². The maximum Gasteiger partial charge on any atom is 0.280 e. The molecule has 0 fully saturated rings. The second kappa shape index (κ2) is 7.83. The summed E-state index contributed by atoms with van der Waals surface area (Å²) in [5, 5.41) is 3.91. The Morgan fingerprint density at radius 1 is 1.09 bits per heavy atom. The lowest BCUT2D eigenvalue weighted by molar-refractivity contribution is -0.127. The van der Waals surface area contributed by atoms with Gasteiger partial charge in [-0.2, -0.15) is 5.10 Å². The van der Waals surface area contributed by atoms with Gasteiger partial charge in [0.1, 0.15) is 11.5 Å². The van der Waals surface area contributed by atoms with Crippen molar-refractivity contribution in [3.63, 3.8) is 0 Å². The molecule has 0 unspecified atom stereocenters. The van der Waals surface area contributed by atoms with E-state index in [2.05, 4.69) is 10.5 Å². The van der Waals surface area contributed by atoms with Gasteiger partial charge in [-0.15, -0.1) is 0 Å². The molecule has 0 bridgehead atoms. The van der Waals surface area contributed by atoms with E-state index in [1.54, 1.807) is 32.4 Å². The normalized spacial score (nSPS) is 11.9. The van der Waals surface area contributed by atoms with E-state index in [0.29, 0.717) is 5.75 Å². The quantitative estimate of drug-likeness (QED) is 0.659. The van der Waals surface area contributed by atoms with Crippen molar-refractivity contribution >= 4 is 12.1 Å². The average molecular weight is 298 g/mol. The highest BCUT2D eigenvalue weighted by molar-refractivity contribution is 5.84. The molecule has 0 spiro atoms. The van der Waals surface area contributed by atoms with Crippen LogP contribution < -0.4 is 14.9 Å². The molecule has 1 atom stereocenters. The number of hydrogen-bond acceptors (Lipinski definition) is 4. The minimum absolute atomic E-state index is 0.311. The van der Waals surface area contributed by atoms with E-state index in [9.17, 15) is 4.79 Å². The van der Waals surface area contributed by atoms with Crippen molar-refractivity contribution in [1.82, 2.24) is 5.43 Å². The van der Waals surface area contributed by atoms with Crippen LogP contribution in [0, 0.1) is 0 Å². The summed E-state index contributed by atoms with van der Waals surface area (Å²) in [5.74, 6) is 1.10. The highest BCUT2D eigenvalue weighted by Gasteiger charge is 2.13. The van der Waals surface area contributed by atoms with Gasteiger partial charge in [-0.1, -0.05) is 18.2 Å². The lowest BCUT2D eigenvalue weighted by Gasteiger charge is -2.12. The third kappa shape index (κ3) is 4.63. The fourth-order valence-electron chi connectivity index (χ4n) is 1.71. The number of rotatable bonds is 6. The Kier molecular flexibility index (Phi) is 5.54. The number of nitrogens with one attached hydrogen (secondary N) is 1. The van der Waals surface area contributed by atoms with E-state index in [0.717, 1.165) is 11.3 Å². The molecule has 2 rings (SSSR count). The molecule has 0 heterocycles. The Balaban J connectivity index is 1.84. The lowest BCUT2D eigenvalue weighted by atomic mass is 10.2. The molecule has 2 aromatic rings. The van der Waals surface area contributed by atoms with Crippen molar-refractivity contribution in [2.45, 2.75) is 13.0 Å². The van der Waals surface area contributed by atoms with Crippen LogP contribution in [0.5, 0.6) is 11.5 Å². The van der Waals surface area contributed by atoms with E-state index >= 15 is 0 Å². The van der Waals surface area contributed by atoms with Crippen LogP contribution in [0.2, 0.25) is 0 Å². The molecule has 0 saturated heterocycles. The number of carbonyl (C=O) groups is 1. The highest BCUT2D eigenvalue weighted by Crippen LogP contribution is 2.11. The van der Waals surface area contributed by atoms with E-state index in [-0.39, 0.29) is 5.91 Å². The molecule has 2 aromatic carbocycles. The van der Waals surface area contributed by atoms with Gasteiger partial charge in [0.25, 0.3) is 5.91 Å². The summed E-state index contributed by atoms with van der Waals surface area (Å²) >= 11 is 0. The SMILES string of the molecule is COc1ccc(/C=N\NC(=O)[C@H](C)Oc2ccccc2)cc1. The maximum atomic E-state index is 11.9. The van der Waals surface area contributed by atoms with Gasteiger partial charge in [-0.3, -0.25) is 4.79 Å². The minimum Gasteiger partial charge on any atom is -0.497 e. The van der Waals surface area contributed by atoms with Gasteiger partial charge in [0.15, 0.2) is 6.10 Å². The predicted molar refractivity (Wildman–Crippen MR) is 85.3 cm³/mol. The second-order valence-electron chi connectivity index (χ2n) is 4.58. The summed E-state index contributed by atoms with van der Waals surface area (Å²) in [6, 6.07) is 16.5. The monoisotopic (exact) mass is 298 g/mol. The van der Waals surface area contributed by atoms with Crippen LogP contribution in [0.1, 0.15) is 12.5 Å². The first-order valence-corrected chi connectivity index (χ1v) is 6.87. The fourth-order valence-corrected chi connectivity index (χ4v) is 1.71. The average Bonchev–Trinajstić information content (AvgIpc) is 2.56. The van der Waals surface area contributed by atoms with Crippen LogP contribution in [-0.4, -0.2) is 25.3 Å². The van der Waals surface area contributed by atoms with E-state index in [4.69, 9.17) is 9.47 Å². The predicted octanol–water partition coefficient (Wildman–Crippen LogP) is 2.61. The molecule has 1 N–H and O–H groups in total. The number of carbonyl (C=O) groups excluding carboxylic acids is 1.